The second-order valence-corrected chi connectivity index (χ2v) is 6.53. The van der Waals surface area contributed by atoms with Gasteiger partial charge in [-0.15, -0.1) is 9.35 Å². The standard InChI is InChI=1S/C15H8F3NO5S/c16-15(17,18)9-5-7-10(8-6-9)25(22,23)24-19-13(20)11-3-1-2-4-12(11)14(19)21/h1-8H. The summed E-state index contributed by atoms with van der Waals surface area (Å²) in [5.41, 5.74) is -1.11. The van der Waals surface area contributed by atoms with Crippen LogP contribution in [0.4, 0.5) is 13.2 Å². The van der Waals surface area contributed by atoms with Crippen molar-refractivity contribution in [3.63, 3.8) is 0 Å². The van der Waals surface area contributed by atoms with Crippen LogP contribution in [0.1, 0.15) is 26.3 Å². The van der Waals surface area contributed by atoms with E-state index in [1.54, 1.807) is 0 Å². The molecule has 1 aliphatic heterocycles. The van der Waals surface area contributed by atoms with Gasteiger partial charge in [-0.05, 0) is 36.4 Å². The fourth-order valence-corrected chi connectivity index (χ4v) is 3.07. The molecule has 130 valence electrons. The summed E-state index contributed by atoms with van der Waals surface area (Å²) in [6.45, 7) is 0. The number of carbonyl (C=O) groups is 2. The quantitative estimate of drug-likeness (QED) is 0.775. The molecule has 0 fully saturated rings. The molecule has 0 spiro atoms. The summed E-state index contributed by atoms with van der Waals surface area (Å²) in [7, 11) is -4.67. The molecule has 10 heteroatoms. The third-order valence-corrected chi connectivity index (χ3v) is 4.59. The highest BCUT2D eigenvalue weighted by atomic mass is 32.2. The highest BCUT2D eigenvalue weighted by Gasteiger charge is 2.40. The molecule has 0 aromatic heterocycles. The van der Waals surface area contributed by atoms with Gasteiger partial charge in [0.1, 0.15) is 0 Å². The van der Waals surface area contributed by atoms with Crippen molar-refractivity contribution in [1.29, 1.82) is 0 Å². The van der Waals surface area contributed by atoms with Gasteiger partial charge in [0.25, 0.3) is 11.8 Å². The molecule has 0 saturated heterocycles. The summed E-state index contributed by atoms with van der Waals surface area (Å²) in [5.74, 6) is -1.95. The van der Waals surface area contributed by atoms with Gasteiger partial charge in [-0.1, -0.05) is 12.1 Å². The molecule has 6 nitrogen and oxygen atoms in total. The normalized spacial score (nSPS) is 14.8. The number of rotatable bonds is 3. The maximum absolute atomic E-state index is 12.5. The number of alkyl halides is 3. The van der Waals surface area contributed by atoms with Crippen LogP contribution in [-0.4, -0.2) is 25.3 Å². The molecule has 2 aromatic rings. The zero-order chi connectivity index (χ0) is 18.4. The maximum atomic E-state index is 12.5. The third-order valence-electron chi connectivity index (χ3n) is 3.40. The molecule has 0 atom stereocenters. The molecule has 25 heavy (non-hydrogen) atoms. The Bertz CT molecular complexity index is 932. The second-order valence-electron chi connectivity index (χ2n) is 5.00. The van der Waals surface area contributed by atoms with Crippen molar-refractivity contribution in [2.45, 2.75) is 11.1 Å². The van der Waals surface area contributed by atoms with E-state index in [9.17, 15) is 31.2 Å². The Hall–Kier alpha value is -2.72. The highest BCUT2D eigenvalue weighted by molar-refractivity contribution is 7.86. The van der Waals surface area contributed by atoms with Gasteiger partial charge in [0.05, 0.1) is 21.6 Å². The molecule has 0 saturated carbocycles. The molecule has 2 amide bonds. The molecule has 1 aliphatic rings. The van der Waals surface area contributed by atoms with Crippen LogP contribution in [0.15, 0.2) is 53.4 Å². The van der Waals surface area contributed by atoms with Crippen molar-refractivity contribution in [2.75, 3.05) is 0 Å². The fourth-order valence-electron chi connectivity index (χ4n) is 2.19. The number of nitrogens with zero attached hydrogens (tertiary/aromatic N) is 1. The summed E-state index contributed by atoms with van der Waals surface area (Å²) in [4.78, 5) is 23.5. The van der Waals surface area contributed by atoms with Crippen LogP contribution < -0.4 is 0 Å². The van der Waals surface area contributed by atoms with E-state index in [2.05, 4.69) is 4.28 Å². The van der Waals surface area contributed by atoms with Gasteiger partial charge in [-0.2, -0.15) is 21.6 Å². The van der Waals surface area contributed by atoms with Gasteiger partial charge < -0.3 is 0 Å². The Morgan fingerprint density at radius 2 is 1.32 bits per heavy atom. The number of hydroxylamine groups is 2. The number of hydrogen-bond donors (Lipinski definition) is 0. The second kappa shape index (κ2) is 5.67. The van der Waals surface area contributed by atoms with E-state index in [1.807, 2.05) is 0 Å². The molecule has 2 aromatic carbocycles. The monoisotopic (exact) mass is 371 g/mol. The molecule has 0 bridgehead atoms. The lowest BCUT2D eigenvalue weighted by Gasteiger charge is -2.13. The maximum Gasteiger partial charge on any atom is 0.416 e. The first-order valence-corrected chi connectivity index (χ1v) is 8.12. The molecule has 1 heterocycles. The van der Waals surface area contributed by atoms with Crippen LogP contribution in [0.2, 0.25) is 0 Å². The van der Waals surface area contributed by atoms with Crippen molar-refractivity contribution >= 4 is 21.9 Å². The Labute approximate surface area is 139 Å². The van der Waals surface area contributed by atoms with Crippen molar-refractivity contribution in [3.8, 4) is 0 Å². The first kappa shape index (κ1) is 17.1. The lowest BCUT2D eigenvalue weighted by molar-refractivity contribution is -0.137. The van der Waals surface area contributed by atoms with E-state index in [4.69, 9.17) is 0 Å². The zero-order valence-electron chi connectivity index (χ0n) is 12.1. The lowest BCUT2D eigenvalue weighted by Crippen LogP contribution is -2.32. The predicted octanol–water partition coefficient (Wildman–Crippen LogP) is 2.62. The highest BCUT2D eigenvalue weighted by Crippen LogP contribution is 2.30. The van der Waals surface area contributed by atoms with E-state index in [0.29, 0.717) is 24.3 Å². The van der Waals surface area contributed by atoms with Crippen LogP contribution in [0.5, 0.6) is 0 Å². The molecule has 3 rings (SSSR count). The average molecular weight is 371 g/mol. The van der Waals surface area contributed by atoms with Gasteiger partial charge in [-0.25, -0.2) is 0 Å². The van der Waals surface area contributed by atoms with Crippen molar-refractivity contribution in [3.05, 3.63) is 65.2 Å². The van der Waals surface area contributed by atoms with Gasteiger partial charge in [0, 0.05) is 0 Å². The Kier molecular flexibility index (Phi) is 3.88. The number of hydrogen-bond acceptors (Lipinski definition) is 5. The van der Waals surface area contributed by atoms with Crippen molar-refractivity contribution in [1.82, 2.24) is 5.06 Å². The first-order valence-electron chi connectivity index (χ1n) is 6.71. The van der Waals surface area contributed by atoms with Crippen LogP contribution in [0, 0.1) is 0 Å². The van der Waals surface area contributed by atoms with Crippen LogP contribution >= 0.6 is 0 Å². The van der Waals surface area contributed by atoms with Crippen molar-refractivity contribution in [2.24, 2.45) is 0 Å². The SMILES string of the molecule is O=C1c2ccccc2C(=O)N1OS(=O)(=O)c1ccc(C(F)(F)F)cc1. The predicted molar refractivity (Wildman–Crippen MR) is 76.7 cm³/mol. The van der Waals surface area contributed by atoms with Gasteiger partial charge in [0.15, 0.2) is 0 Å². The van der Waals surface area contributed by atoms with Gasteiger partial charge in [0.2, 0.25) is 0 Å². The fraction of sp³-hybridized carbons (Fsp3) is 0.0667. The number of amides is 2. The molecule has 0 aliphatic carbocycles. The van der Waals surface area contributed by atoms with E-state index >= 15 is 0 Å². The molecular weight excluding hydrogens is 363 g/mol. The summed E-state index contributed by atoms with van der Waals surface area (Å²) < 4.78 is 66.4. The lowest BCUT2D eigenvalue weighted by atomic mass is 10.1. The molecule has 0 radical (unpaired) electrons. The first-order chi connectivity index (χ1) is 11.6. The van der Waals surface area contributed by atoms with Crippen LogP contribution in [0.25, 0.3) is 0 Å². The van der Waals surface area contributed by atoms with Crippen LogP contribution in [-0.2, 0) is 20.6 Å². The summed E-state index contributed by atoms with van der Waals surface area (Å²) in [6, 6.07) is 8.08. The smallest absolute Gasteiger partial charge is 0.266 e. The Morgan fingerprint density at radius 3 is 1.76 bits per heavy atom. The Morgan fingerprint density at radius 1 is 0.840 bits per heavy atom. The average Bonchev–Trinajstić information content (AvgIpc) is 2.79. The van der Waals surface area contributed by atoms with Gasteiger partial charge in [-0.3, -0.25) is 9.59 Å². The molecule has 0 unspecified atom stereocenters. The number of imide groups is 1. The van der Waals surface area contributed by atoms with E-state index in [0.717, 1.165) is 0 Å². The number of fused-ring (bicyclic) bond motifs is 1. The molecular formula is C15H8F3NO5S. The summed E-state index contributed by atoms with van der Waals surface area (Å²) in [5, 5.41) is 0.0671. The topological polar surface area (TPSA) is 80.8 Å². The third kappa shape index (κ3) is 3.01. The zero-order valence-corrected chi connectivity index (χ0v) is 13.0. The summed E-state index contributed by atoms with van der Waals surface area (Å²) >= 11 is 0. The minimum atomic E-state index is -4.67. The number of carbonyl (C=O) groups excluding carboxylic acids is 2. The number of benzene rings is 2. The van der Waals surface area contributed by atoms with E-state index in [1.165, 1.54) is 24.3 Å². The Balaban J connectivity index is 1.88. The number of halogens is 3. The summed E-state index contributed by atoms with van der Waals surface area (Å²) in [6.07, 6.45) is -4.63. The van der Waals surface area contributed by atoms with Crippen molar-refractivity contribution < 1.29 is 35.5 Å². The van der Waals surface area contributed by atoms with Crippen LogP contribution in [0.3, 0.4) is 0 Å². The largest absolute Gasteiger partial charge is 0.416 e. The minimum Gasteiger partial charge on any atom is -0.266 e. The minimum absolute atomic E-state index is 0.0323. The van der Waals surface area contributed by atoms with Gasteiger partial charge >= 0.3 is 16.3 Å². The van der Waals surface area contributed by atoms with E-state index in [-0.39, 0.29) is 16.2 Å². The molecule has 0 N–H and O–H groups in total. The van der Waals surface area contributed by atoms with E-state index < -0.39 is 38.6 Å².